The Balaban J connectivity index is 1.28. The molecule has 0 saturated carbocycles. The Morgan fingerprint density at radius 3 is 2.63 bits per heavy atom. The SMILES string of the molecule is Cn1cc(-c2cc3ncccc3c(-c3ccc(N4C[C@H](Oc5ccccn5)[C@@H](N)C4)nc3)n2)cn1. The minimum atomic E-state index is -0.153. The second-order valence-corrected chi connectivity index (χ2v) is 8.63. The second kappa shape index (κ2) is 8.77. The third kappa shape index (κ3) is 4.17. The molecule has 0 aliphatic carbocycles. The van der Waals surface area contributed by atoms with E-state index in [2.05, 4.69) is 20.0 Å². The van der Waals surface area contributed by atoms with Crippen molar-refractivity contribution in [1.82, 2.24) is 29.7 Å². The number of aryl methyl sites for hydroxylation is 1. The van der Waals surface area contributed by atoms with Gasteiger partial charge in [-0.1, -0.05) is 6.07 Å². The quantitative estimate of drug-likeness (QED) is 0.423. The van der Waals surface area contributed by atoms with Crippen LogP contribution in [0.1, 0.15) is 0 Å². The van der Waals surface area contributed by atoms with Crippen molar-refractivity contribution in [3.63, 3.8) is 0 Å². The Morgan fingerprint density at radius 2 is 1.86 bits per heavy atom. The molecule has 174 valence electrons. The van der Waals surface area contributed by atoms with Gasteiger partial charge in [0, 0.05) is 61.0 Å². The molecule has 2 atom stereocenters. The number of rotatable bonds is 5. The molecule has 9 nitrogen and oxygen atoms in total. The highest BCUT2D eigenvalue weighted by molar-refractivity contribution is 5.94. The van der Waals surface area contributed by atoms with E-state index in [9.17, 15) is 0 Å². The molecule has 2 N–H and O–H groups in total. The van der Waals surface area contributed by atoms with Crippen molar-refractivity contribution < 1.29 is 4.74 Å². The molecule has 0 bridgehead atoms. The number of fused-ring (bicyclic) bond motifs is 1. The number of nitrogens with zero attached hydrogens (tertiary/aromatic N) is 7. The maximum Gasteiger partial charge on any atom is 0.213 e. The first-order chi connectivity index (χ1) is 17.1. The molecule has 35 heavy (non-hydrogen) atoms. The average Bonchev–Trinajstić information content (AvgIpc) is 3.49. The van der Waals surface area contributed by atoms with Gasteiger partial charge >= 0.3 is 0 Å². The van der Waals surface area contributed by atoms with Gasteiger partial charge in [-0.3, -0.25) is 9.67 Å². The Labute approximate surface area is 202 Å². The molecule has 0 amide bonds. The number of hydrogen-bond acceptors (Lipinski definition) is 8. The summed E-state index contributed by atoms with van der Waals surface area (Å²) in [5.41, 5.74) is 10.8. The molecule has 1 aliphatic rings. The number of ether oxygens (including phenoxy) is 1. The number of hydrogen-bond donors (Lipinski definition) is 1. The minimum absolute atomic E-state index is 0.133. The summed E-state index contributed by atoms with van der Waals surface area (Å²) in [5.74, 6) is 1.43. The Hall–Kier alpha value is -4.37. The predicted molar refractivity (Wildman–Crippen MR) is 134 cm³/mol. The summed E-state index contributed by atoms with van der Waals surface area (Å²) in [4.78, 5) is 20.7. The van der Waals surface area contributed by atoms with Crippen LogP contribution in [0.5, 0.6) is 5.88 Å². The van der Waals surface area contributed by atoms with Gasteiger partial charge < -0.3 is 15.4 Å². The van der Waals surface area contributed by atoms with Crippen molar-refractivity contribution in [3.05, 3.63) is 79.5 Å². The lowest BCUT2D eigenvalue weighted by molar-refractivity contribution is 0.198. The van der Waals surface area contributed by atoms with Crippen LogP contribution in [0.25, 0.3) is 33.4 Å². The molecular weight excluding hydrogens is 440 g/mol. The van der Waals surface area contributed by atoms with Crippen molar-refractivity contribution in [1.29, 1.82) is 0 Å². The van der Waals surface area contributed by atoms with Crippen LogP contribution < -0.4 is 15.4 Å². The first-order valence-electron chi connectivity index (χ1n) is 11.4. The zero-order valence-electron chi connectivity index (χ0n) is 19.2. The third-order valence-corrected chi connectivity index (χ3v) is 6.16. The smallest absolute Gasteiger partial charge is 0.213 e. The number of aromatic nitrogens is 6. The highest BCUT2D eigenvalue weighted by Crippen LogP contribution is 2.31. The van der Waals surface area contributed by atoms with E-state index in [-0.39, 0.29) is 12.1 Å². The summed E-state index contributed by atoms with van der Waals surface area (Å²) >= 11 is 0. The van der Waals surface area contributed by atoms with Crippen LogP contribution in [0.3, 0.4) is 0 Å². The van der Waals surface area contributed by atoms with Gasteiger partial charge in [0.15, 0.2) is 0 Å². The van der Waals surface area contributed by atoms with Gasteiger partial charge in [0.05, 0.1) is 35.7 Å². The van der Waals surface area contributed by atoms with Gasteiger partial charge in [0.2, 0.25) is 5.88 Å². The van der Waals surface area contributed by atoms with Gasteiger partial charge in [0.25, 0.3) is 0 Å². The largest absolute Gasteiger partial charge is 0.471 e. The molecule has 1 aliphatic heterocycles. The van der Waals surface area contributed by atoms with Crippen LogP contribution in [-0.2, 0) is 7.05 Å². The van der Waals surface area contributed by atoms with Crippen LogP contribution in [0.4, 0.5) is 5.82 Å². The molecule has 0 spiro atoms. The lowest BCUT2D eigenvalue weighted by Crippen LogP contribution is -2.37. The monoisotopic (exact) mass is 464 g/mol. The Morgan fingerprint density at radius 1 is 0.943 bits per heavy atom. The van der Waals surface area contributed by atoms with Gasteiger partial charge in [0.1, 0.15) is 11.9 Å². The number of pyridine rings is 4. The van der Waals surface area contributed by atoms with E-state index < -0.39 is 0 Å². The first kappa shape index (κ1) is 21.2. The molecule has 5 aromatic heterocycles. The van der Waals surface area contributed by atoms with E-state index in [1.54, 1.807) is 17.1 Å². The third-order valence-electron chi connectivity index (χ3n) is 6.16. The zero-order valence-corrected chi connectivity index (χ0v) is 19.2. The summed E-state index contributed by atoms with van der Waals surface area (Å²) in [6.45, 7) is 1.30. The van der Waals surface area contributed by atoms with E-state index in [0.29, 0.717) is 19.0 Å². The molecule has 1 fully saturated rings. The molecule has 6 heterocycles. The Kier molecular flexibility index (Phi) is 5.31. The lowest BCUT2D eigenvalue weighted by Gasteiger charge is -2.18. The molecule has 6 rings (SSSR count). The maximum atomic E-state index is 6.37. The standard InChI is InChI=1S/C26H24N8O/c1-33-14-18(13-31-33)21-11-22-19(5-4-10-28-22)26(32-21)17-7-8-24(30-12-17)34-15-20(27)23(16-34)35-25-6-2-3-9-29-25/h2-14,20,23H,15-16,27H2,1H3/t20-,23-/m0/s1. The van der Waals surface area contributed by atoms with E-state index in [0.717, 1.165) is 39.2 Å². The van der Waals surface area contributed by atoms with E-state index in [1.165, 1.54) is 0 Å². The molecule has 0 unspecified atom stereocenters. The number of anilines is 1. The van der Waals surface area contributed by atoms with Crippen LogP contribution in [0.2, 0.25) is 0 Å². The molecule has 5 aromatic rings. The van der Waals surface area contributed by atoms with Crippen molar-refractivity contribution in [2.24, 2.45) is 12.8 Å². The summed E-state index contributed by atoms with van der Waals surface area (Å²) in [5, 5.41) is 5.26. The lowest BCUT2D eigenvalue weighted by atomic mass is 10.1. The van der Waals surface area contributed by atoms with Crippen molar-refractivity contribution in [2.75, 3.05) is 18.0 Å². The van der Waals surface area contributed by atoms with Crippen molar-refractivity contribution in [3.8, 4) is 28.4 Å². The van der Waals surface area contributed by atoms with Gasteiger partial charge in [-0.25, -0.2) is 15.0 Å². The van der Waals surface area contributed by atoms with E-state index in [1.807, 2.05) is 74.2 Å². The van der Waals surface area contributed by atoms with Crippen LogP contribution in [0.15, 0.2) is 79.5 Å². The highest BCUT2D eigenvalue weighted by atomic mass is 16.5. The molecule has 0 aromatic carbocycles. The van der Waals surface area contributed by atoms with Gasteiger partial charge in [-0.05, 0) is 36.4 Å². The minimum Gasteiger partial charge on any atom is -0.471 e. The summed E-state index contributed by atoms with van der Waals surface area (Å²) in [6, 6.07) is 15.5. The van der Waals surface area contributed by atoms with Gasteiger partial charge in [-0.2, -0.15) is 5.10 Å². The molecular formula is C26H24N8O. The Bertz CT molecular complexity index is 1470. The highest BCUT2D eigenvalue weighted by Gasteiger charge is 2.33. The van der Waals surface area contributed by atoms with Crippen molar-refractivity contribution in [2.45, 2.75) is 12.1 Å². The second-order valence-electron chi connectivity index (χ2n) is 8.63. The predicted octanol–water partition coefficient (Wildman–Crippen LogP) is 3.08. The van der Waals surface area contributed by atoms with E-state index in [4.69, 9.17) is 20.4 Å². The fourth-order valence-corrected chi connectivity index (χ4v) is 4.39. The molecule has 9 heteroatoms. The summed E-state index contributed by atoms with van der Waals surface area (Å²) in [6.07, 6.45) is 8.96. The van der Waals surface area contributed by atoms with Crippen LogP contribution in [0, 0.1) is 0 Å². The van der Waals surface area contributed by atoms with Crippen LogP contribution in [-0.4, -0.2) is 55.0 Å². The van der Waals surface area contributed by atoms with Crippen molar-refractivity contribution >= 4 is 16.7 Å². The number of nitrogens with two attached hydrogens (primary N) is 1. The maximum absolute atomic E-state index is 6.37. The fourth-order valence-electron chi connectivity index (χ4n) is 4.39. The fraction of sp³-hybridized carbons (Fsp3) is 0.192. The molecule has 0 radical (unpaired) electrons. The van der Waals surface area contributed by atoms with Gasteiger partial charge in [-0.15, -0.1) is 0 Å². The van der Waals surface area contributed by atoms with Crippen LogP contribution >= 0.6 is 0 Å². The summed E-state index contributed by atoms with van der Waals surface area (Å²) < 4.78 is 7.77. The zero-order chi connectivity index (χ0) is 23.8. The topological polar surface area (TPSA) is 108 Å². The first-order valence-corrected chi connectivity index (χ1v) is 11.4. The van der Waals surface area contributed by atoms with E-state index >= 15 is 0 Å². The normalized spacial score (nSPS) is 17.7. The average molecular weight is 465 g/mol. The summed E-state index contributed by atoms with van der Waals surface area (Å²) in [7, 11) is 1.89. The molecule has 1 saturated heterocycles.